The molecule has 0 atom stereocenters. The monoisotopic (exact) mass is 307 g/mol. The summed E-state index contributed by atoms with van der Waals surface area (Å²) in [4.78, 5) is 11.8. The maximum Gasteiger partial charge on any atom is 0.224 e. The molecular formula is C15H18ClN3O2. The minimum Gasteiger partial charge on any atom is -0.395 e. The third-order valence-corrected chi connectivity index (χ3v) is 3.54. The number of aromatic nitrogens is 2. The fraction of sp³-hybridized carbons (Fsp3) is 0.333. The third-order valence-electron chi connectivity index (χ3n) is 3.28. The van der Waals surface area contributed by atoms with Crippen molar-refractivity contribution in [2.24, 2.45) is 0 Å². The predicted octanol–water partition coefficient (Wildman–Crippen LogP) is 1.79. The molecule has 0 fully saturated rings. The molecule has 1 aromatic heterocycles. The number of nitrogens with zero attached hydrogens (tertiary/aromatic N) is 2. The number of aliphatic hydroxyl groups is 1. The van der Waals surface area contributed by atoms with E-state index >= 15 is 0 Å². The van der Waals surface area contributed by atoms with Crippen LogP contribution in [0.25, 0.3) is 5.69 Å². The van der Waals surface area contributed by atoms with E-state index in [-0.39, 0.29) is 25.5 Å². The number of hydrogen-bond acceptors (Lipinski definition) is 3. The first-order valence-corrected chi connectivity index (χ1v) is 7.09. The SMILES string of the molecule is Cc1nn(-c2ccc(Cl)cc2)c(C)c1CC(=O)NCCO. The summed E-state index contributed by atoms with van der Waals surface area (Å²) in [5.74, 6) is -0.120. The van der Waals surface area contributed by atoms with Gasteiger partial charge >= 0.3 is 0 Å². The van der Waals surface area contributed by atoms with Crippen LogP contribution in [0.3, 0.4) is 0 Å². The van der Waals surface area contributed by atoms with Gasteiger partial charge in [-0.15, -0.1) is 0 Å². The maximum atomic E-state index is 11.8. The molecule has 0 saturated carbocycles. The first kappa shape index (κ1) is 15.5. The lowest BCUT2D eigenvalue weighted by molar-refractivity contribution is -0.120. The summed E-state index contributed by atoms with van der Waals surface area (Å²) in [5, 5.41) is 16.5. The van der Waals surface area contributed by atoms with Crippen LogP contribution < -0.4 is 5.32 Å². The van der Waals surface area contributed by atoms with E-state index in [4.69, 9.17) is 16.7 Å². The molecule has 0 bridgehead atoms. The Kier molecular flexibility index (Phi) is 4.98. The van der Waals surface area contributed by atoms with Crippen molar-refractivity contribution in [3.63, 3.8) is 0 Å². The highest BCUT2D eigenvalue weighted by atomic mass is 35.5. The van der Waals surface area contributed by atoms with Gasteiger partial charge < -0.3 is 10.4 Å². The molecule has 0 aliphatic heterocycles. The average molecular weight is 308 g/mol. The van der Waals surface area contributed by atoms with Crippen LogP contribution in [-0.2, 0) is 11.2 Å². The third kappa shape index (κ3) is 3.62. The molecule has 1 amide bonds. The summed E-state index contributed by atoms with van der Waals surface area (Å²) in [6, 6.07) is 7.39. The van der Waals surface area contributed by atoms with Gasteiger partial charge in [-0.05, 0) is 38.1 Å². The van der Waals surface area contributed by atoms with Crippen LogP contribution in [-0.4, -0.2) is 33.9 Å². The van der Waals surface area contributed by atoms with Crippen molar-refractivity contribution in [1.29, 1.82) is 0 Å². The molecule has 21 heavy (non-hydrogen) atoms. The molecule has 112 valence electrons. The lowest BCUT2D eigenvalue weighted by Crippen LogP contribution is -2.28. The van der Waals surface area contributed by atoms with Crippen LogP contribution in [0.1, 0.15) is 17.0 Å². The Morgan fingerprint density at radius 3 is 2.62 bits per heavy atom. The van der Waals surface area contributed by atoms with Crippen LogP contribution in [0.4, 0.5) is 0 Å². The number of rotatable bonds is 5. The fourth-order valence-electron chi connectivity index (χ4n) is 2.18. The molecule has 0 radical (unpaired) electrons. The van der Waals surface area contributed by atoms with Gasteiger partial charge in [-0.25, -0.2) is 4.68 Å². The standard InChI is InChI=1S/C15H18ClN3O2/c1-10-14(9-15(21)17-7-8-20)11(2)19(18-10)13-5-3-12(16)4-6-13/h3-6,20H,7-9H2,1-2H3,(H,17,21). The highest BCUT2D eigenvalue weighted by molar-refractivity contribution is 6.30. The molecule has 2 aromatic rings. The zero-order valence-corrected chi connectivity index (χ0v) is 12.8. The molecule has 5 nitrogen and oxygen atoms in total. The number of benzene rings is 1. The second-order valence-corrected chi connectivity index (χ2v) is 5.22. The average Bonchev–Trinajstić information content (AvgIpc) is 2.74. The maximum absolute atomic E-state index is 11.8. The summed E-state index contributed by atoms with van der Waals surface area (Å²) in [6.07, 6.45) is 0.255. The minimum atomic E-state index is -0.120. The van der Waals surface area contributed by atoms with Crippen molar-refractivity contribution in [2.75, 3.05) is 13.2 Å². The van der Waals surface area contributed by atoms with E-state index in [2.05, 4.69) is 10.4 Å². The first-order valence-electron chi connectivity index (χ1n) is 6.71. The van der Waals surface area contributed by atoms with Crippen LogP contribution in [0.15, 0.2) is 24.3 Å². The lowest BCUT2D eigenvalue weighted by Gasteiger charge is -2.06. The van der Waals surface area contributed by atoms with Gasteiger partial charge in [-0.2, -0.15) is 5.10 Å². The molecule has 0 aliphatic rings. The van der Waals surface area contributed by atoms with Gasteiger partial charge in [0.2, 0.25) is 5.91 Å². The van der Waals surface area contributed by atoms with Gasteiger partial charge in [0.25, 0.3) is 0 Å². The molecule has 1 heterocycles. The predicted molar refractivity (Wildman–Crippen MR) is 81.8 cm³/mol. The van der Waals surface area contributed by atoms with Crippen molar-refractivity contribution in [1.82, 2.24) is 15.1 Å². The molecule has 0 unspecified atom stereocenters. The summed E-state index contributed by atoms with van der Waals surface area (Å²) in [7, 11) is 0. The van der Waals surface area contributed by atoms with Gasteiger partial charge in [0, 0.05) is 22.8 Å². The van der Waals surface area contributed by atoms with Gasteiger partial charge in [0.15, 0.2) is 0 Å². The minimum absolute atomic E-state index is 0.0618. The van der Waals surface area contributed by atoms with E-state index < -0.39 is 0 Å². The Morgan fingerprint density at radius 1 is 1.33 bits per heavy atom. The smallest absolute Gasteiger partial charge is 0.224 e. The van der Waals surface area contributed by atoms with Gasteiger partial charge in [0.05, 0.1) is 24.4 Å². The zero-order valence-electron chi connectivity index (χ0n) is 12.1. The van der Waals surface area contributed by atoms with Crippen LogP contribution in [0, 0.1) is 13.8 Å². The number of halogens is 1. The van der Waals surface area contributed by atoms with E-state index in [0.29, 0.717) is 5.02 Å². The highest BCUT2D eigenvalue weighted by Crippen LogP contribution is 2.20. The van der Waals surface area contributed by atoms with Crippen molar-refractivity contribution < 1.29 is 9.90 Å². The molecule has 0 spiro atoms. The second kappa shape index (κ2) is 6.74. The van der Waals surface area contributed by atoms with Crippen LogP contribution in [0.5, 0.6) is 0 Å². The largest absolute Gasteiger partial charge is 0.395 e. The molecule has 1 aromatic carbocycles. The molecule has 2 rings (SSSR count). The normalized spacial score (nSPS) is 10.7. The quantitative estimate of drug-likeness (QED) is 0.885. The zero-order chi connectivity index (χ0) is 15.4. The highest BCUT2D eigenvalue weighted by Gasteiger charge is 2.15. The van der Waals surface area contributed by atoms with Crippen molar-refractivity contribution >= 4 is 17.5 Å². The Bertz CT molecular complexity index is 635. The fourth-order valence-corrected chi connectivity index (χ4v) is 2.31. The Hall–Kier alpha value is -1.85. The van der Waals surface area contributed by atoms with Crippen molar-refractivity contribution in [3.8, 4) is 5.69 Å². The Labute approximate surface area is 128 Å². The number of carbonyl (C=O) groups excluding carboxylic acids is 1. The van der Waals surface area contributed by atoms with E-state index in [1.54, 1.807) is 16.8 Å². The molecule has 0 saturated heterocycles. The Morgan fingerprint density at radius 2 is 2.00 bits per heavy atom. The van der Waals surface area contributed by atoms with E-state index in [9.17, 15) is 4.79 Å². The molecule has 6 heteroatoms. The van der Waals surface area contributed by atoms with E-state index in [1.165, 1.54) is 0 Å². The lowest BCUT2D eigenvalue weighted by atomic mass is 10.1. The van der Waals surface area contributed by atoms with Crippen LogP contribution in [0.2, 0.25) is 5.02 Å². The molecule has 2 N–H and O–H groups in total. The molecule has 0 aliphatic carbocycles. The number of nitrogens with one attached hydrogen (secondary N) is 1. The number of aliphatic hydroxyl groups excluding tert-OH is 1. The van der Waals surface area contributed by atoms with Crippen molar-refractivity contribution in [3.05, 3.63) is 46.2 Å². The first-order chi connectivity index (χ1) is 10.0. The molecular weight excluding hydrogens is 290 g/mol. The summed E-state index contributed by atoms with van der Waals surface area (Å²) in [6.45, 7) is 4.02. The topological polar surface area (TPSA) is 67.2 Å². The van der Waals surface area contributed by atoms with Crippen molar-refractivity contribution in [2.45, 2.75) is 20.3 Å². The van der Waals surface area contributed by atoms with Gasteiger partial charge in [0.1, 0.15) is 0 Å². The number of aryl methyl sites for hydroxylation is 1. The Balaban J connectivity index is 2.25. The summed E-state index contributed by atoms with van der Waals surface area (Å²) in [5.41, 5.74) is 3.55. The number of amides is 1. The number of hydrogen-bond donors (Lipinski definition) is 2. The van der Waals surface area contributed by atoms with E-state index in [0.717, 1.165) is 22.6 Å². The van der Waals surface area contributed by atoms with E-state index in [1.807, 2.05) is 26.0 Å². The van der Waals surface area contributed by atoms with Gasteiger partial charge in [-0.1, -0.05) is 11.6 Å². The summed E-state index contributed by atoms with van der Waals surface area (Å²) < 4.78 is 1.81. The van der Waals surface area contributed by atoms with Gasteiger partial charge in [-0.3, -0.25) is 4.79 Å². The second-order valence-electron chi connectivity index (χ2n) is 4.79. The van der Waals surface area contributed by atoms with Crippen LogP contribution >= 0.6 is 11.6 Å². The number of carbonyl (C=O) groups is 1. The summed E-state index contributed by atoms with van der Waals surface area (Å²) >= 11 is 5.89.